The molecule has 5 heteroatoms. The third-order valence-electron chi connectivity index (χ3n) is 5.54. The van der Waals surface area contributed by atoms with Crippen LogP contribution in [0.2, 0.25) is 0 Å². The van der Waals surface area contributed by atoms with Crippen molar-refractivity contribution in [2.24, 2.45) is 5.73 Å². The second-order valence-corrected chi connectivity index (χ2v) is 8.80. The predicted molar refractivity (Wildman–Crippen MR) is 112 cm³/mol. The fraction of sp³-hybridized carbons (Fsp3) is 0.190. The Labute approximate surface area is 163 Å². The van der Waals surface area contributed by atoms with Crippen LogP contribution in [0, 0.1) is 0 Å². The largest absolute Gasteiger partial charge is 0.507 e. The van der Waals surface area contributed by atoms with E-state index in [1.54, 1.807) is 17.4 Å². The van der Waals surface area contributed by atoms with Crippen molar-refractivity contribution in [3.63, 3.8) is 0 Å². The molecule has 1 aliphatic rings. The number of nitrogens with zero attached hydrogens (tertiary/aromatic N) is 1. The Morgan fingerprint density at radius 1 is 1.19 bits per heavy atom. The molecule has 1 saturated carbocycles. The fourth-order valence-corrected chi connectivity index (χ4v) is 5.09. The van der Waals surface area contributed by atoms with Crippen LogP contribution in [0.15, 0.2) is 52.4 Å². The maximum atomic E-state index is 10.8. The number of halogens is 1. The van der Waals surface area contributed by atoms with Crippen LogP contribution in [0.3, 0.4) is 0 Å². The molecule has 1 fully saturated rings. The van der Waals surface area contributed by atoms with E-state index in [9.17, 15) is 5.11 Å². The maximum absolute atomic E-state index is 10.8. The molecule has 4 aromatic rings. The van der Waals surface area contributed by atoms with E-state index in [1.165, 1.54) is 5.56 Å². The minimum absolute atomic E-state index is 0.171. The van der Waals surface area contributed by atoms with Crippen molar-refractivity contribution in [3.05, 3.63) is 58.0 Å². The molecular weight excluding hydrogens is 408 g/mol. The number of fused-ring (bicyclic) bond motifs is 3. The van der Waals surface area contributed by atoms with Crippen LogP contribution in [0.25, 0.3) is 32.1 Å². The number of rotatable bonds is 3. The van der Waals surface area contributed by atoms with Gasteiger partial charge in [0.25, 0.3) is 0 Å². The molecule has 0 unspecified atom stereocenters. The van der Waals surface area contributed by atoms with Gasteiger partial charge in [-0.2, -0.15) is 0 Å². The number of aromatic hydroxyl groups is 1. The van der Waals surface area contributed by atoms with Gasteiger partial charge in [-0.15, -0.1) is 11.3 Å². The maximum Gasteiger partial charge on any atom is 0.125 e. The van der Waals surface area contributed by atoms with E-state index in [0.29, 0.717) is 6.54 Å². The highest BCUT2D eigenvalue weighted by molar-refractivity contribution is 9.10. The topological polar surface area (TPSA) is 59.1 Å². The van der Waals surface area contributed by atoms with Crippen LogP contribution < -0.4 is 5.73 Å². The number of aromatic nitrogens is 1. The zero-order valence-corrected chi connectivity index (χ0v) is 16.4. The number of phenols is 1. The first kappa shape index (κ1) is 16.2. The molecule has 2 heterocycles. The summed E-state index contributed by atoms with van der Waals surface area (Å²) in [6, 6.07) is 12.3. The number of pyridine rings is 1. The van der Waals surface area contributed by atoms with Gasteiger partial charge < -0.3 is 10.8 Å². The SMILES string of the molecule is NCC1(c2ccc(-c3c(O)cc(Br)c4ncc5sccc5c34)cc2)CC1. The van der Waals surface area contributed by atoms with Gasteiger partial charge >= 0.3 is 0 Å². The Bertz CT molecular complexity index is 1150. The van der Waals surface area contributed by atoms with Gasteiger partial charge in [-0.1, -0.05) is 24.3 Å². The van der Waals surface area contributed by atoms with Gasteiger partial charge in [-0.3, -0.25) is 4.98 Å². The Kier molecular flexibility index (Phi) is 3.61. The lowest BCUT2D eigenvalue weighted by atomic mass is 9.92. The van der Waals surface area contributed by atoms with Crippen LogP contribution in [-0.4, -0.2) is 16.6 Å². The van der Waals surface area contributed by atoms with Crippen molar-refractivity contribution in [2.75, 3.05) is 6.54 Å². The second kappa shape index (κ2) is 5.78. The molecule has 0 spiro atoms. The average molecular weight is 425 g/mol. The normalized spacial score (nSPS) is 15.6. The Hall–Kier alpha value is -1.95. The first-order chi connectivity index (χ1) is 12.6. The molecule has 130 valence electrons. The van der Waals surface area contributed by atoms with Crippen molar-refractivity contribution < 1.29 is 5.11 Å². The summed E-state index contributed by atoms with van der Waals surface area (Å²) in [6.07, 6.45) is 4.22. The summed E-state index contributed by atoms with van der Waals surface area (Å²) in [7, 11) is 0. The lowest BCUT2D eigenvalue weighted by molar-refractivity contribution is 0.477. The molecule has 2 aromatic heterocycles. The predicted octanol–water partition coefficient (Wildman–Crippen LogP) is 5.57. The average Bonchev–Trinajstić information content (AvgIpc) is 3.30. The van der Waals surface area contributed by atoms with Gasteiger partial charge in [0.15, 0.2) is 0 Å². The Morgan fingerprint density at radius 3 is 2.65 bits per heavy atom. The zero-order chi connectivity index (χ0) is 17.9. The lowest BCUT2D eigenvalue weighted by Crippen LogP contribution is -2.19. The molecule has 2 aromatic carbocycles. The summed E-state index contributed by atoms with van der Waals surface area (Å²) < 4.78 is 1.92. The molecule has 5 rings (SSSR count). The molecule has 3 nitrogen and oxygen atoms in total. The van der Waals surface area contributed by atoms with Gasteiger partial charge in [0, 0.05) is 39.0 Å². The molecule has 3 N–H and O–H groups in total. The molecular formula is C21H17BrN2OS. The van der Waals surface area contributed by atoms with Crippen LogP contribution >= 0.6 is 27.3 Å². The van der Waals surface area contributed by atoms with Crippen molar-refractivity contribution in [2.45, 2.75) is 18.3 Å². The van der Waals surface area contributed by atoms with Crippen molar-refractivity contribution in [3.8, 4) is 16.9 Å². The quantitative estimate of drug-likeness (QED) is 0.451. The number of hydrogen-bond acceptors (Lipinski definition) is 4. The molecule has 0 amide bonds. The van der Waals surface area contributed by atoms with E-state index >= 15 is 0 Å². The third-order valence-corrected chi connectivity index (χ3v) is 6.99. The van der Waals surface area contributed by atoms with Gasteiger partial charge in [0.2, 0.25) is 0 Å². The molecule has 1 aliphatic carbocycles. The van der Waals surface area contributed by atoms with Gasteiger partial charge in [0.05, 0.1) is 10.2 Å². The highest BCUT2D eigenvalue weighted by Gasteiger charge is 2.42. The minimum Gasteiger partial charge on any atom is -0.507 e. The van der Waals surface area contributed by atoms with Gasteiger partial charge in [-0.25, -0.2) is 0 Å². The minimum atomic E-state index is 0.171. The first-order valence-corrected chi connectivity index (χ1v) is 10.3. The lowest BCUT2D eigenvalue weighted by Gasteiger charge is -2.15. The standard InChI is InChI=1S/C21H17BrN2OS/c22-15-9-16(25)18(19-14-5-8-26-17(14)10-24-20(15)19)12-1-3-13(4-2-12)21(11-23)6-7-21/h1-5,8-10,25H,6-7,11,23H2. The molecule has 26 heavy (non-hydrogen) atoms. The van der Waals surface area contributed by atoms with E-state index in [0.717, 1.165) is 49.4 Å². The summed E-state index contributed by atoms with van der Waals surface area (Å²) in [6.45, 7) is 0.693. The van der Waals surface area contributed by atoms with Crippen LogP contribution in [0.4, 0.5) is 0 Å². The summed E-state index contributed by atoms with van der Waals surface area (Å²) in [4.78, 5) is 4.62. The molecule has 0 radical (unpaired) electrons. The molecule has 0 atom stereocenters. The fourth-order valence-electron chi connectivity index (χ4n) is 3.81. The number of nitrogens with two attached hydrogens (primary N) is 1. The van der Waals surface area contributed by atoms with E-state index in [-0.39, 0.29) is 11.2 Å². The summed E-state index contributed by atoms with van der Waals surface area (Å²) >= 11 is 5.21. The van der Waals surface area contributed by atoms with E-state index in [4.69, 9.17) is 5.73 Å². The zero-order valence-electron chi connectivity index (χ0n) is 14.0. The van der Waals surface area contributed by atoms with E-state index in [2.05, 4.69) is 56.6 Å². The van der Waals surface area contributed by atoms with Gasteiger partial charge in [0.1, 0.15) is 5.75 Å². The first-order valence-electron chi connectivity index (χ1n) is 8.61. The number of phenolic OH excluding ortho intramolecular Hbond substituents is 1. The number of thiophene rings is 1. The van der Waals surface area contributed by atoms with Crippen molar-refractivity contribution in [1.82, 2.24) is 4.98 Å². The number of hydrogen-bond donors (Lipinski definition) is 2. The van der Waals surface area contributed by atoms with Crippen LogP contribution in [0.1, 0.15) is 18.4 Å². The third kappa shape index (κ3) is 2.31. The molecule has 0 bridgehead atoms. The van der Waals surface area contributed by atoms with Crippen molar-refractivity contribution in [1.29, 1.82) is 0 Å². The van der Waals surface area contributed by atoms with E-state index in [1.807, 2.05) is 6.20 Å². The number of benzene rings is 2. The van der Waals surface area contributed by atoms with Crippen LogP contribution in [-0.2, 0) is 5.41 Å². The smallest absolute Gasteiger partial charge is 0.125 e. The summed E-state index contributed by atoms with van der Waals surface area (Å²) in [5, 5.41) is 14.9. The summed E-state index contributed by atoms with van der Waals surface area (Å²) in [5.41, 5.74) is 10.1. The highest BCUT2D eigenvalue weighted by atomic mass is 79.9. The van der Waals surface area contributed by atoms with Crippen LogP contribution in [0.5, 0.6) is 5.75 Å². The summed E-state index contributed by atoms with van der Waals surface area (Å²) in [5.74, 6) is 0.262. The van der Waals surface area contributed by atoms with E-state index < -0.39 is 0 Å². The van der Waals surface area contributed by atoms with Gasteiger partial charge in [-0.05, 0) is 57.4 Å². The second-order valence-electron chi connectivity index (χ2n) is 6.99. The molecule has 0 saturated heterocycles. The highest BCUT2D eigenvalue weighted by Crippen LogP contribution is 2.48. The van der Waals surface area contributed by atoms with Crippen molar-refractivity contribution >= 4 is 48.3 Å². The molecule has 0 aliphatic heterocycles. The Balaban J connectivity index is 1.77. The monoisotopic (exact) mass is 424 g/mol. The Morgan fingerprint density at radius 2 is 1.96 bits per heavy atom.